The van der Waals surface area contributed by atoms with E-state index in [4.69, 9.17) is 10.00 Å². The van der Waals surface area contributed by atoms with Crippen LogP contribution in [0.5, 0.6) is 5.75 Å². The van der Waals surface area contributed by atoms with Gasteiger partial charge in [-0.1, -0.05) is 0 Å². The maximum Gasteiger partial charge on any atom is 0.471 e. The smallest absolute Gasteiger partial charge is 0.471 e. The van der Waals surface area contributed by atoms with E-state index in [-0.39, 0.29) is 6.54 Å². The Labute approximate surface area is 125 Å². The van der Waals surface area contributed by atoms with Gasteiger partial charge in [-0.15, -0.1) is 0 Å². The Bertz CT molecular complexity index is 685. The first-order valence-corrected chi connectivity index (χ1v) is 6.43. The van der Waals surface area contributed by atoms with Gasteiger partial charge in [0, 0.05) is 12.1 Å². The van der Waals surface area contributed by atoms with Crippen molar-refractivity contribution in [2.24, 2.45) is 0 Å². The molecule has 0 atom stereocenters. The molecule has 22 heavy (non-hydrogen) atoms. The molecule has 0 spiro atoms. The van der Waals surface area contributed by atoms with Crippen molar-refractivity contribution < 1.29 is 22.7 Å². The topological polar surface area (TPSA) is 62.1 Å². The van der Waals surface area contributed by atoms with Crippen LogP contribution in [0.3, 0.4) is 0 Å². The zero-order chi connectivity index (χ0) is 16.5. The lowest BCUT2D eigenvalue weighted by Crippen LogP contribution is -2.43. The van der Waals surface area contributed by atoms with E-state index in [1.807, 2.05) is 11.4 Å². The van der Waals surface area contributed by atoms with Crippen molar-refractivity contribution in [1.82, 2.24) is 5.32 Å². The second-order valence-corrected chi connectivity index (χ2v) is 5.33. The highest BCUT2D eigenvalue weighted by molar-refractivity contribution is 5.82. The number of amides is 1. The molecule has 0 radical (unpaired) electrons. The van der Waals surface area contributed by atoms with Crippen LogP contribution in [0.15, 0.2) is 23.8 Å². The molecule has 7 heteroatoms. The quantitative estimate of drug-likeness (QED) is 0.913. The number of carbonyl (C=O) groups excluding carboxylic acids is 1. The number of carbonyl (C=O) groups is 1. The normalized spacial score (nSPS) is 15.9. The fourth-order valence-electron chi connectivity index (χ4n) is 2.07. The molecule has 0 unspecified atom stereocenters. The zero-order valence-electron chi connectivity index (χ0n) is 11.9. The van der Waals surface area contributed by atoms with Gasteiger partial charge in [0.1, 0.15) is 11.4 Å². The average Bonchev–Trinajstić information content (AvgIpc) is 2.42. The lowest BCUT2D eigenvalue weighted by molar-refractivity contribution is -0.173. The van der Waals surface area contributed by atoms with Crippen molar-refractivity contribution in [3.05, 3.63) is 34.9 Å². The third kappa shape index (κ3) is 3.22. The Kier molecular flexibility index (Phi) is 3.88. The number of nitrogens with zero attached hydrogens (tertiary/aromatic N) is 1. The zero-order valence-corrected chi connectivity index (χ0v) is 11.9. The minimum Gasteiger partial charge on any atom is -0.483 e. The van der Waals surface area contributed by atoms with Crippen LogP contribution in [0.2, 0.25) is 0 Å². The number of rotatable bonds is 2. The van der Waals surface area contributed by atoms with Gasteiger partial charge < -0.3 is 10.1 Å². The van der Waals surface area contributed by atoms with Gasteiger partial charge in [-0.25, -0.2) is 0 Å². The Morgan fingerprint density at radius 2 is 2.09 bits per heavy atom. The van der Waals surface area contributed by atoms with Crippen molar-refractivity contribution in [2.45, 2.75) is 25.6 Å². The monoisotopic (exact) mass is 310 g/mol. The summed E-state index contributed by atoms with van der Waals surface area (Å²) in [6, 6.07) is 6.79. The number of ether oxygens (including phenoxy) is 1. The van der Waals surface area contributed by atoms with E-state index in [1.54, 1.807) is 38.1 Å². The molecular formula is C15H13F3N2O2. The lowest BCUT2D eigenvalue weighted by atomic mass is 9.91. The first-order valence-electron chi connectivity index (χ1n) is 6.43. The summed E-state index contributed by atoms with van der Waals surface area (Å²) in [5, 5.41) is 10.7. The van der Waals surface area contributed by atoms with E-state index in [1.165, 1.54) is 0 Å². The molecular weight excluding hydrogens is 297 g/mol. The van der Waals surface area contributed by atoms with Crippen molar-refractivity contribution >= 4 is 12.0 Å². The van der Waals surface area contributed by atoms with Gasteiger partial charge >= 0.3 is 12.1 Å². The molecule has 1 aromatic carbocycles. The molecule has 4 nitrogen and oxygen atoms in total. The van der Waals surface area contributed by atoms with E-state index >= 15 is 0 Å². The highest BCUT2D eigenvalue weighted by atomic mass is 19.4. The predicted octanol–water partition coefficient (Wildman–Crippen LogP) is 2.79. The van der Waals surface area contributed by atoms with Gasteiger partial charge in [0.05, 0.1) is 11.6 Å². The molecule has 0 fully saturated rings. The first-order chi connectivity index (χ1) is 10.1. The number of alkyl halides is 3. The summed E-state index contributed by atoms with van der Waals surface area (Å²) >= 11 is 0. The van der Waals surface area contributed by atoms with E-state index in [0.717, 1.165) is 0 Å². The SMILES string of the molecule is CC1(C)Oc2ccc(C#N)cc2C=C1CNC(=O)C(F)(F)F. The predicted molar refractivity (Wildman–Crippen MR) is 72.9 cm³/mol. The van der Waals surface area contributed by atoms with Crippen LogP contribution in [-0.4, -0.2) is 24.2 Å². The number of nitriles is 1. The molecule has 1 amide bonds. The van der Waals surface area contributed by atoms with Crippen LogP contribution >= 0.6 is 0 Å². The van der Waals surface area contributed by atoms with Crippen LogP contribution in [0.1, 0.15) is 25.0 Å². The average molecular weight is 310 g/mol. The number of halogens is 3. The number of benzene rings is 1. The van der Waals surface area contributed by atoms with E-state index in [2.05, 4.69) is 0 Å². The summed E-state index contributed by atoms with van der Waals surface area (Å²) in [5.74, 6) is -1.46. The highest BCUT2D eigenvalue weighted by Gasteiger charge is 2.39. The van der Waals surface area contributed by atoms with Gasteiger partial charge in [-0.2, -0.15) is 18.4 Å². The van der Waals surface area contributed by atoms with Gasteiger partial charge in [0.25, 0.3) is 0 Å². The molecule has 0 aliphatic carbocycles. The summed E-state index contributed by atoms with van der Waals surface area (Å²) in [6.45, 7) is 3.10. The molecule has 1 aliphatic rings. The summed E-state index contributed by atoms with van der Waals surface area (Å²) in [4.78, 5) is 10.9. The molecule has 0 saturated carbocycles. The fourth-order valence-corrected chi connectivity index (χ4v) is 2.07. The molecule has 2 rings (SSSR count). The van der Waals surface area contributed by atoms with E-state index < -0.39 is 17.7 Å². The maximum atomic E-state index is 12.2. The summed E-state index contributed by atoms with van der Waals surface area (Å²) < 4.78 is 42.4. The molecule has 1 heterocycles. The van der Waals surface area contributed by atoms with Gasteiger partial charge in [0.2, 0.25) is 0 Å². The van der Waals surface area contributed by atoms with E-state index in [0.29, 0.717) is 22.4 Å². The molecule has 1 aromatic rings. The number of hydrogen-bond acceptors (Lipinski definition) is 3. The van der Waals surface area contributed by atoms with Crippen LogP contribution in [0.25, 0.3) is 6.08 Å². The lowest BCUT2D eigenvalue weighted by Gasteiger charge is -2.34. The van der Waals surface area contributed by atoms with Crippen LogP contribution in [-0.2, 0) is 4.79 Å². The second-order valence-electron chi connectivity index (χ2n) is 5.33. The number of nitrogens with one attached hydrogen (secondary N) is 1. The molecule has 0 aromatic heterocycles. The second kappa shape index (κ2) is 5.37. The summed E-state index contributed by atoms with van der Waals surface area (Å²) in [5.41, 5.74) is 0.624. The van der Waals surface area contributed by atoms with Crippen molar-refractivity contribution in [3.8, 4) is 11.8 Å². The third-order valence-corrected chi connectivity index (χ3v) is 3.30. The first kappa shape index (κ1) is 15.9. The van der Waals surface area contributed by atoms with Crippen LogP contribution < -0.4 is 10.1 Å². The number of fused-ring (bicyclic) bond motifs is 1. The van der Waals surface area contributed by atoms with E-state index in [9.17, 15) is 18.0 Å². The minimum absolute atomic E-state index is 0.290. The summed E-state index contributed by atoms with van der Waals surface area (Å²) in [6.07, 6.45) is -3.29. The van der Waals surface area contributed by atoms with Crippen molar-refractivity contribution in [3.63, 3.8) is 0 Å². The maximum absolute atomic E-state index is 12.2. The Balaban J connectivity index is 2.27. The highest BCUT2D eigenvalue weighted by Crippen LogP contribution is 2.35. The van der Waals surface area contributed by atoms with Gasteiger partial charge in [-0.05, 0) is 43.7 Å². The molecule has 1 aliphatic heterocycles. The van der Waals surface area contributed by atoms with Crippen LogP contribution in [0.4, 0.5) is 13.2 Å². The van der Waals surface area contributed by atoms with Crippen LogP contribution in [0, 0.1) is 11.3 Å². The van der Waals surface area contributed by atoms with Gasteiger partial charge in [0.15, 0.2) is 0 Å². The summed E-state index contributed by atoms with van der Waals surface area (Å²) in [7, 11) is 0. The largest absolute Gasteiger partial charge is 0.483 e. The molecule has 0 bridgehead atoms. The molecule has 0 saturated heterocycles. The Hall–Kier alpha value is -2.49. The molecule has 1 N–H and O–H groups in total. The standard InChI is InChI=1S/C15H13F3N2O2/c1-14(2)11(8-20-13(21)15(16,17)18)6-10-5-9(7-19)3-4-12(10)22-14/h3-6H,8H2,1-2H3,(H,20,21). The number of hydrogen-bond donors (Lipinski definition) is 1. The van der Waals surface area contributed by atoms with Gasteiger partial charge in [-0.3, -0.25) is 4.79 Å². The fraction of sp³-hybridized carbons (Fsp3) is 0.333. The molecule has 116 valence electrons. The Morgan fingerprint density at radius 1 is 1.41 bits per heavy atom. The van der Waals surface area contributed by atoms with Crippen molar-refractivity contribution in [1.29, 1.82) is 5.26 Å². The van der Waals surface area contributed by atoms with Crippen molar-refractivity contribution in [2.75, 3.05) is 6.54 Å². The third-order valence-electron chi connectivity index (χ3n) is 3.30. The minimum atomic E-state index is -4.92. The Morgan fingerprint density at radius 3 is 2.68 bits per heavy atom.